The van der Waals surface area contributed by atoms with Crippen LogP contribution in [0.4, 0.5) is 0 Å². The number of amides is 1. The van der Waals surface area contributed by atoms with Crippen molar-refractivity contribution in [2.45, 2.75) is 31.7 Å². The van der Waals surface area contributed by atoms with Crippen molar-refractivity contribution < 1.29 is 24.6 Å². The number of ketones is 1. The Morgan fingerprint density at radius 1 is 1.37 bits per heavy atom. The number of aliphatic carboxylic acids is 1. The molecule has 0 spiro atoms. The zero-order valence-corrected chi connectivity index (χ0v) is 22.0. The van der Waals surface area contributed by atoms with Crippen LogP contribution in [0.15, 0.2) is 41.8 Å². The highest BCUT2D eigenvalue weighted by Gasteiger charge is 2.60. The maximum atomic E-state index is 13.4. The number of hydrogen-bond acceptors (Lipinski definition) is 9. The molecule has 0 aromatic carbocycles. The van der Waals surface area contributed by atoms with Crippen LogP contribution >= 0.6 is 23.1 Å². The molecule has 1 saturated heterocycles. The Kier molecular flexibility index (Phi) is 6.97. The van der Waals surface area contributed by atoms with Crippen LogP contribution in [-0.4, -0.2) is 71.6 Å². The number of thiazole rings is 1. The van der Waals surface area contributed by atoms with E-state index in [2.05, 4.69) is 20.0 Å². The molecule has 0 unspecified atom stereocenters. The smallest absolute Gasteiger partial charge is 0.352 e. The summed E-state index contributed by atoms with van der Waals surface area (Å²) in [5, 5.41) is 23.6. The fraction of sp³-hybridized carbons (Fsp3) is 0.375. The molecule has 0 radical (unpaired) electrons. The number of carbonyl (C=O) groups is 3. The molecule has 196 valence electrons. The molecule has 12 nitrogen and oxygen atoms in total. The van der Waals surface area contributed by atoms with E-state index in [9.17, 15) is 24.6 Å². The first kappa shape index (κ1) is 25.9. The topological polar surface area (TPSA) is 174 Å². The largest absolute Gasteiger partial charge is 0.477 e. The number of nitrogens with zero attached hydrogens (tertiary/aromatic N) is 7. The van der Waals surface area contributed by atoms with Crippen molar-refractivity contribution in [2.75, 3.05) is 12.3 Å². The summed E-state index contributed by atoms with van der Waals surface area (Å²) in [6.45, 7) is 3.77. The lowest BCUT2D eigenvalue weighted by Crippen LogP contribution is -2.63. The third kappa shape index (κ3) is 4.25. The van der Waals surface area contributed by atoms with E-state index in [4.69, 9.17) is 5.53 Å². The minimum absolute atomic E-state index is 0.0791. The summed E-state index contributed by atoms with van der Waals surface area (Å²) in [6.07, 6.45) is 5.50. The van der Waals surface area contributed by atoms with Gasteiger partial charge in [0.2, 0.25) is 11.7 Å². The zero-order chi connectivity index (χ0) is 27.1. The van der Waals surface area contributed by atoms with Crippen LogP contribution in [0.1, 0.15) is 40.3 Å². The van der Waals surface area contributed by atoms with Crippen molar-refractivity contribution in [1.82, 2.24) is 19.3 Å². The molecular weight excluding hydrogens is 530 g/mol. The van der Waals surface area contributed by atoms with Crippen molar-refractivity contribution in [1.29, 1.82) is 0 Å². The summed E-state index contributed by atoms with van der Waals surface area (Å²) in [5.74, 6) is -1.63. The van der Waals surface area contributed by atoms with E-state index in [0.717, 1.165) is 5.56 Å². The molecule has 5 rings (SSSR count). The van der Waals surface area contributed by atoms with Gasteiger partial charge < -0.3 is 15.1 Å². The second-order valence-electron chi connectivity index (χ2n) is 9.14. The number of rotatable bonds is 10. The van der Waals surface area contributed by atoms with Gasteiger partial charge in [0.05, 0.1) is 22.9 Å². The Hall–Kier alpha value is -3.71. The number of carboxylic acid groups (broad SMARTS) is 1. The predicted octanol–water partition coefficient (Wildman–Crippen LogP) is 3.22. The molecule has 2 aliphatic rings. The number of azide groups is 1. The van der Waals surface area contributed by atoms with Crippen LogP contribution in [0.3, 0.4) is 0 Å². The Morgan fingerprint density at radius 3 is 2.87 bits per heavy atom. The average Bonchev–Trinajstić information content (AvgIpc) is 3.53. The Bertz CT molecular complexity index is 1540. The van der Waals surface area contributed by atoms with Crippen LogP contribution < -0.4 is 0 Å². The third-order valence-electron chi connectivity index (χ3n) is 6.79. The number of thioether (sulfide) groups is 1. The van der Waals surface area contributed by atoms with Gasteiger partial charge in [-0.05, 0) is 29.8 Å². The van der Waals surface area contributed by atoms with Crippen molar-refractivity contribution in [3.63, 3.8) is 0 Å². The molecule has 1 amide bonds. The molecule has 38 heavy (non-hydrogen) atoms. The first-order chi connectivity index (χ1) is 18.2. The lowest BCUT2D eigenvalue weighted by Gasteiger charge is -2.46. The number of aliphatic hydroxyl groups excluding tert-OH is 1. The van der Waals surface area contributed by atoms with E-state index in [1.807, 2.05) is 6.92 Å². The molecule has 2 aliphatic heterocycles. The van der Waals surface area contributed by atoms with Crippen LogP contribution in [0.5, 0.6) is 0 Å². The van der Waals surface area contributed by atoms with Crippen LogP contribution in [0.2, 0.25) is 0 Å². The summed E-state index contributed by atoms with van der Waals surface area (Å²) >= 11 is 2.80. The minimum Gasteiger partial charge on any atom is -0.477 e. The number of carbonyl (C=O) groups excluding carboxylic acids is 2. The SMILES string of the molecule is C[C@@H](O)[C@H]1C(=O)N2C(C(=O)O)=C(c3cn4cnc(C(=O)c5cncc(CSCCN=[N+]=[N-])c5)c4s3)[C@H](C)[C@H]12. The average molecular weight is 554 g/mol. The molecule has 0 saturated carbocycles. The lowest BCUT2D eigenvalue weighted by molar-refractivity contribution is -0.163. The highest BCUT2D eigenvalue weighted by molar-refractivity contribution is 7.98. The number of hydrogen-bond donors (Lipinski definition) is 2. The molecular formula is C24H23N7O5S2. The lowest BCUT2D eigenvalue weighted by atomic mass is 9.77. The number of β-lactam (4-membered cyclic amide) rings is 1. The van der Waals surface area contributed by atoms with E-state index < -0.39 is 29.9 Å². The van der Waals surface area contributed by atoms with Gasteiger partial charge in [-0.1, -0.05) is 12.0 Å². The summed E-state index contributed by atoms with van der Waals surface area (Å²) in [4.78, 5) is 51.9. The molecule has 14 heteroatoms. The summed E-state index contributed by atoms with van der Waals surface area (Å²) in [5.41, 5.74) is 10.2. The fourth-order valence-electron chi connectivity index (χ4n) is 5.14. The quantitative estimate of drug-likeness (QED) is 0.0961. The fourth-order valence-corrected chi connectivity index (χ4v) is 7.10. The van der Waals surface area contributed by atoms with Gasteiger partial charge in [-0.2, -0.15) is 11.8 Å². The maximum Gasteiger partial charge on any atom is 0.352 e. The molecule has 1 fully saturated rings. The third-order valence-corrected chi connectivity index (χ3v) is 8.94. The monoisotopic (exact) mass is 553 g/mol. The number of fused-ring (bicyclic) bond motifs is 2. The summed E-state index contributed by atoms with van der Waals surface area (Å²) < 4.78 is 1.68. The number of carboxylic acids is 1. The van der Waals surface area contributed by atoms with Gasteiger partial charge in [0.1, 0.15) is 22.5 Å². The first-order valence-corrected chi connectivity index (χ1v) is 13.7. The highest BCUT2D eigenvalue weighted by atomic mass is 32.2. The predicted molar refractivity (Wildman–Crippen MR) is 140 cm³/mol. The van der Waals surface area contributed by atoms with E-state index in [1.54, 1.807) is 34.6 Å². The van der Waals surface area contributed by atoms with Gasteiger partial charge in [0.15, 0.2) is 0 Å². The van der Waals surface area contributed by atoms with Crippen molar-refractivity contribution in [3.8, 4) is 0 Å². The summed E-state index contributed by atoms with van der Waals surface area (Å²) in [7, 11) is 0. The molecule has 2 N–H and O–H groups in total. The molecule has 4 atom stereocenters. The van der Waals surface area contributed by atoms with Crippen molar-refractivity contribution in [3.05, 3.63) is 68.8 Å². The molecule has 5 heterocycles. The molecule has 3 aromatic rings. The van der Waals surface area contributed by atoms with Crippen LogP contribution in [0, 0.1) is 11.8 Å². The van der Waals surface area contributed by atoms with Crippen molar-refractivity contribution >= 4 is 51.2 Å². The van der Waals surface area contributed by atoms with Crippen molar-refractivity contribution in [2.24, 2.45) is 17.0 Å². The molecule has 3 aromatic heterocycles. The van der Waals surface area contributed by atoms with Gasteiger partial charge in [-0.15, -0.1) is 11.3 Å². The number of imidazole rings is 1. The second-order valence-corrected chi connectivity index (χ2v) is 11.3. The minimum atomic E-state index is -1.21. The van der Waals surface area contributed by atoms with Gasteiger partial charge in [0.25, 0.3) is 0 Å². The van der Waals surface area contributed by atoms with E-state index in [1.165, 1.54) is 35.7 Å². The van der Waals surface area contributed by atoms with E-state index >= 15 is 0 Å². The summed E-state index contributed by atoms with van der Waals surface area (Å²) in [6, 6.07) is 1.33. The molecule has 0 aliphatic carbocycles. The standard InChI is InChI=1S/C24H23N7O5S2/c1-11-16(20(24(35)36)31-19(11)17(12(2)32)22(31)34)15-8-30-10-27-18(23(30)38-15)21(33)14-5-13(6-26-7-14)9-37-4-3-28-29-25/h5-8,10-12,17,19,32H,3-4,9H2,1-2H3,(H,35,36)/t11-,12+,17+,19+/m0/s1. The maximum absolute atomic E-state index is 13.4. The highest BCUT2D eigenvalue weighted by Crippen LogP contribution is 2.51. The second kappa shape index (κ2) is 10.2. The van der Waals surface area contributed by atoms with Crippen LogP contribution in [0.25, 0.3) is 20.8 Å². The Balaban J connectivity index is 1.44. The van der Waals surface area contributed by atoms with E-state index in [0.29, 0.717) is 38.9 Å². The Labute approximate surface area is 224 Å². The van der Waals surface area contributed by atoms with Crippen LogP contribution in [-0.2, 0) is 15.3 Å². The normalized spacial score (nSPS) is 21.3. The zero-order valence-electron chi connectivity index (χ0n) is 20.4. The number of pyridine rings is 1. The van der Waals surface area contributed by atoms with Gasteiger partial charge >= 0.3 is 5.97 Å². The van der Waals surface area contributed by atoms with E-state index in [-0.39, 0.29) is 23.1 Å². The van der Waals surface area contributed by atoms with Gasteiger partial charge in [-0.3, -0.25) is 19.0 Å². The molecule has 0 bridgehead atoms. The number of aromatic nitrogens is 3. The van der Waals surface area contributed by atoms with Gasteiger partial charge in [0, 0.05) is 52.9 Å². The first-order valence-electron chi connectivity index (χ1n) is 11.8. The van der Waals surface area contributed by atoms with Gasteiger partial charge in [-0.25, -0.2) is 9.78 Å². The number of aliphatic hydroxyl groups is 1. The Morgan fingerprint density at radius 2 is 2.16 bits per heavy atom.